The third-order valence-electron chi connectivity index (χ3n) is 4.82. The number of hydrogen-bond donors (Lipinski definition) is 0. The van der Waals surface area contributed by atoms with Crippen LogP contribution in [0.4, 0.5) is 0 Å². The van der Waals surface area contributed by atoms with Crippen LogP contribution >= 0.6 is 15.9 Å². The largest absolute Gasteiger partial charge is 0.454 e. The first-order valence-corrected chi connectivity index (χ1v) is 9.82. The van der Waals surface area contributed by atoms with E-state index in [1.54, 1.807) is 12.1 Å². The highest BCUT2D eigenvalue weighted by Gasteiger charge is 2.23. The summed E-state index contributed by atoms with van der Waals surface area (Å²) in [4.78, 5) is 17.0. The Hall–Kier alpha value is -2.31. The van der Waals surface area contributed by atoms with Crippen molar-refractivity contribution in [2.45, 2.75) is 0 Å². The number of nitrogens with zero attached hydrogens (tertiary/aromatic N) is 2. The maximum Gasteiger partial charge on any atom is 0.254 e. The Balaban J connectivity index is 1.28. The van der Waals surface area contributed by atoms with Crippen LogP contribution in [-0.2, 0) is 0 Å². The average Bonchev–Trinajstić information content (AvgIpc) is 3.17. The number of carbonyl (C=O) groups is 1. The molecule has 2 heterocycles. The molecular formula is C21H21BrN2O3. The summed E-state index contributed by atoms with van der Waals surface area (Å²) >= 11 is 3.45. The molecule has 0 atom stereocenters. The van der Waals surface area contributed by atoms with Crippen molar-refractivity contribution < 1.29 is 14.3 Å². The van der Waals surface area contributed by atoms with Crippen LogP contribution in [0.25, 0.3) is 6.08 Å². The van der Waals surface area contributed by atoms with E-state index in [9.17, 15) is 4.79 Å². The van der Waals surface area contributed by atoms with Gasteiger partial charge in [0.2, 0.25) is 6.79 Å². The summed E-state index contributed by atoms with van der Waals surface area (Å²) in [6.45, 7) is 4.34. The van der Waals surface area contributed by atoms with Crippen LogP contribution in [0.3, 0.4) is 0 Å². The molecule has 1 amide bonds. The van der Waals surface area contributed by atoms with Crippen LogP contribution < -0.4 is 9.47 Å². The molecule has 2 aliphatic rings. The van der Waals surface area contributed by atoms with Gasteiger partial charge in [-0.25, -0.2) is 0 Å². The lowest BCUT2D eigenvalue weighted by atomic mass is 10.1. The molecule has 140 valence electrons. The number of carbonyl (C=O) groups excluding carboxylic acids is 1. The SMILES string of the molecule is O=C(c1ccc2c(c1)OCO2)N1CCN(C/C=C/c2ccc(Br)cc2)CC1. The maximum absolute atomic E-state index is 12.7. The third kappa shape index (κ3) is 4.34. The fraction of sp³-hybridized carbons (Fsp3) is 0.286. The van der Waals surface area contributed by atoms with E-state index in [4.69, 9.17) is 9.47 Å². The standard InChI is InChI=1S/C21H21BrN2O3/c22-18-6-3-16(4-7-18)2-1-9-23-10-12-24(13-11-23)21(25)17-5-8-19-20(14-17)27-15-26-19/h1-8,14H,9-13,15H2/b2-1+. The Morgan fingerprint density at radius 1 is 1.00 bits per heavy atom. The predicted molar refractivity (Wildman–Crippen MR) is 108 cm³/mol. The van der Waals surface area contributed by atoms with E-state index in [1.165, 1.54) is 5.56 Å². The minimum Gasteiger partial charge on any atom is -0.454 e. The number of amides is 1. The molecule has 2 aromatic rings. The van der Waals surface area contributed by atoms with Crippen LogP contribution in [0.2, 0.25) is 0 Å². The van der Waals surface area contributed by atoms with Crippen molar-refractivity contribution in [2.24, 2.45) is 0 Å². The first-order chi connectivity index (χ1) is 13.2. The molecule has 1 fully saturated rings. The van der Waals surface area contributed by atoms with Gasteiger partial charge in [-0.2, -0.15) is 0 Å². The zero-order chi connectivity index (χ0) is 18.6. The number of benzene rings is 2. The number of rotatable bonds is 4. The van der Waals surface area contributed by atoms with Gasteiger partial charge in [0.1, 0.15) is 0 Å². The average molecular weight is 429 g/mol. The molecule has 5 nitrogen and oxygen atoms in total. The van der Waals surface area contributed by atoms with Crippen molar-refractivity contribution in [1.29, 1.82) is 0 Å². The molecule has 0 bridgehead atoms. The van der Waals surface area contributed by atoms with Crippen LogP contribution in [-0.4, -0.2) is 55.2 Å². The molecule has 2 aliphatic heterocycles. The van der Waals surface area contributed by atoms with Gasteiger partial charge >= 0.3 is 0 Å². The molecule has 0 aromatic heterocycles. The summed E-state index contributed by atoms with van der Waals surface area (Å²) in [5.41, 5.74) is 1.85. The van der Waals surface area contributed by atoms with Gasteiger partial charge in [0.25, 0.3) is 5.91 Å². The molecule has 0 radical (unpaired) electrons. The summed E-state index contributed by atoms with van der Waals surface area (Å²) in [5.74, 6) is 1.41. The minimum absolute atomic E-state index is 0.0540. The summed E-state index contributed by atoms with van der Waals surface area (Å²) < 4.78 is 11.8. The zero-order valence-electron chi connectivity index (χ0n) is 14.9. The second-order valence-electron chi connectivity index (χ2n) is 6.61. The van der Waals surface area contributed by atoms with Gasteiger partial charge in [-0.1, -0.05) is 40.2 Å². The zero-order valence-corrected chi connectivity index (χ0v) is 16.5. The van der Waals surface area contributed by atoms with Gasteiger partial charge in [-0.15, -0.1) is 0 Å². The first-order valence-electron chi connectivity index (χ1n) is 9.02. The Kier molecular flexibility index (Phi) is 5.45. The number of hydrogen-bond acceptors (Lipinski definition) is 4. The molecule has 0 aliphatic carbocycles. The van der Waals surface area contributed by atoms with Gasteiger partial charge in [-0.3, -0.25) is 9.69 Å². The van der Waals surface area contributed by atoms with Crippen molar-refractivity contribution in [1.82, 2.24) is 9.80 Å². The molecule has 2 aromatic carbocycles. The van der Waals surface area contributed by atoms with Crippen LogP contribution in [0.1, 0.15) is 15.9 Å². The van der Waals surface area contributed by atoms with Crippen molar-refractivity contribution in [2.75, 3.05) is 39.5 Å². The van der Waals surface area contributed by atoms with Crippen molar-refractivity contribution in [3.05, 3.63) is 64.1 Å². The minimum atomic E-state index is 0.0540. The molecule has 4 rings (SSSR count). The van der Waals surface area contributed by atoms with Gasteiger partial charge in [0.15, 0.2) is 11.5 Å². The van der Waals surface area contributed by atoms with Crippen LogP contribution in [0.5, 0.6) is 11.5 Å². The second kappa shape index (κ2) is 8.15. The highest BCUT2D eigenvalue weighted by Crippen LogP contribution is 2.32. The lowest BCUT2D eigenvalue weighted by molar-refractivity contribution is 0.0650. The number of fused-ring (bicyclic) bond motifs is 1. The fourth-order valence-electron chi connectivity index (χ4n) is 3.26. The first kappa shape index (κ1) is 18.1. The van der Waals surface area contributed by atoms with Crippen LogP contribution in [0.15, 0.2) is 53.0 Å². The molecule has 0 spiro atoms. The van der Waals surface area contributed by atoms with Gasteiger partial charge in [0.05, 0.1) is 0 Å². The predicted octanol–water partition coefficient (Wildman–Crippen LogP) is 3.65. The summed E-state index contributed by atoms with van der Waals surface area (Å²) in [6, 6.07) is 13.6. The normalized spacial score (nSPS) is 16.9. The summed E-state index contributed by atoms with van der Waals surface area (Å²) in [6.07, 6.45) is 4.31. The Labute approximate surface area is 167 Å². The molecule has 0 N–H and O–H groups in total. The second-order valence-corrected chi connectivity index (χ2v) is 7.53. The van der Waals surface area contributed by atoms with E-state index in [2.05, 4.69) is 45.1 Å². The lowest BCUT2D eigenvalue weighted by Crippen LogP contribution is -2.48. The quantitative estimate of drug-likeness (QED) is 0.745. The van der Waals surface area contributed by atoms with Gasteiger partial charge in [0, 0.05) is 42.8 Å². The summed E-state index contributed by atoms with van der Waals surface area (Å²) in [7, 11) is 0. The van der Waals surface area contributed by atoms with E-state index >= 15 is 0 Å². The van der Waals surface area contributed by atoms with Crippen molar-refractivity contribution >= 4 is 27.9 Å². The van der Waals surface area contributed by atoms with E-state index in [-0.39, 0.29) is 12.7 Å². The Bertz CT molecular complexity index is 843. The molecule has 6 heteroatoms. The van der Waals surface area contributed by atoms with E-state index < -0.39 is 0 Å². The molecule has 0 unspecified atom stereocenters. The lowest BCUT2D eigenvalue weighted by Gasteiger charge is -2.34. The van der Waals surface area contributed by atoms with Crippen molar-refractivity contribution in [3.63, 3.8) is 0 Å². The van der Waals surface area contributed by atoms with Gasteiger partial charge < -0.3 is 14.4 Å². The number of piperazine rings is 1. The van der Waals surface area contributed by atoms with E-state index in [0.29, 0.717) is 17.1 Å². The smallest absolute Gasteiger partial charge is 0.254 e. The highest BCUT2D eigenvalue weighted by atomic mass is 79.9. The maximum atomic E-state index is 12.7. The Morgan fingerprint density at radius 3 is 2.52 bits per heavy atom. The number of halogens is 1. The number of ether oxygens (including phenoxy) is 2. The van der Waals surface area contributed by atoms with E-state index in [0.717, 1.165) is 37.2 Å². The molecule has 1 saturated heterocycles. The highest BCUT2D eigenvalue weighted by molar-refractivity contribution is 9.10. The topological polar surface area (TPSA) is 42.0 Å². The van der Waals surface area contributed by atoms with E-state index in [1.807, 2.05) is 23.1 Å². The Morgan fingerprint density at radius 2 is 1.74 bits per heavy atom. The monoisotopic (exact) mass is 428 g/mol. The molecular weight excluding hydrogens is 408 g/mol. The fourth-order valence-corrected chi connectivity index (χ4v) is 3.52. The molecule has 27 heavy (non-hydrogen) atoms. The summed E-state index contributed by atoms with van der Waals surface area (Å²) in [5, 5.41) is 0. The van der Waals surface area contributed by atoms with Crippen molar-refractivity contribution in [3.8, 4) is 11.5 Å². The molecule has 0 saturated carbocycles. The third-order valence-corrected chi connectivity index (χ3v) is 5.35. The van der Waals surface area contributed by atoms with Crippen LogP contribution in [0, 0.1) is 0 Å². The van der Waals surface area contributed by atoms with Gasteiger partial charge in [-0.05, 0) is 35.9 Å².